The predicted molar refractivity (Wildman–Crippen MR) is 73.4 cm³/mol. The summed E-state index contributed by atoms with van der Waals surface area (Å²) in [5, 5.41) is 2.84. The molecule has 0 aliphatic carbocycles. The smallest absolute Gasteiger partial charge is 0.255 e. The van der Waals surface area contributed by atoms with Gasteiger partial charge in [0.05, 0.1) is 0 Å². The number of amides is 1. The van der Waals surface area contributed by atoms with E-state index in [4.69, 9.17) is 5.73 Å². The van der Waals surface area contributed by atoms with Crippen LogP contribution in [0.15, 0.2) is 54.6 Å². The van der Waals surface area contributed by atoms with Crippen molar-refractivity contribution in [2.45, 2.75) is 13.0 Å². The van der Waals surface area contributed by atoms with Gasteiger partial charge >= 0.3 is 0 Å². The molecular weight excluding hydrogens is 224 g/mol. The molecule has 0 saturated carbocycles. The third-order valence-corrected chi connectivity index (χ3v) is 2.73. The zero-order valence-electron chi connectivity index (χ0n) is 10.3. The van der Waals surface area contributed by atoms with Gasteiger partial charge in [0, 0.05) is 17.3 Å². The molecule has 0 aliphatic rings. The van der Waals surface area contributed by atoms with Crippen LogP contribution in [0.5, 0.6) is 0 Å². The summed E-state index contributed by atoms with van der Waals surface area (Å²) < 4.78 is 0. The SMILES string of the molecule is CC(N)c1ccc(C(=O)Nc2ccccc2)cc1. The topological polar surface area (TPSA) is 55.1 Å². The zero-order chi connectivity index (χ0) is 13.0. The van der Waals surface area contributed by atoms with Gasteiger partial charge in [-0.3, -0.25) is 4.79 Å². The van der Waals surface area contributed by atoms with E-state index in [9.17, 15) is 4.79 Å². The lowest BCUT2D eigenvalue weighted by Crippen LogP contribution is -2.12. The van der Waals surface area contributed by atoms with Crippen LogP contribution in [0.2, 0.25) is 0 Å². The van der Waals surface area contributed by atoms with Crippen LogP contribution in [0.3, 0.4) is 0 Å². The van der Waals surface area contributed by atoms with Crippen LogP contribution in [-0.4, -0.2) is 5.91 Å². The summed E-state index contributed by atoms with van der Waals surface area (Å²) in [4.78, 5) is 12.0. The second kappa shape index (κ2) is 5.47. The average Bonchev–Trinajstić information content (AvgIpc) is 2.40. The van der Waals surface area contributed by atoms with Crippen LogP contribution >= 0.6 is 0 Å². The van der Waals surface area contributed by atoms with E-state index < -0.39 is 0 Å². The predicted octanol–water partition coefficient (Wildman–Crippen LogP) is 2.96. The second-order valence-corrected chi connectivity index (χ2v) is 4.23. The van der Waals surface area contributed by atoms with E-state index in [-0.39, 0.29) is 11.9 Å². The summed E-state index contributed by atoms with van der Waals surface area (Å²) >= 11 is 0. The van der Waals surface area contributed by atoms with Gasteiger partial charge in [0.2, 0.25) is 0 Å². The Bertz CT molecular complexity index is 518. The number of carbonyl (C=O) groups excluding carboxylic acids is 1. The summed E-state index contributed by atoms with van der Waals surface area (Å²) in [7, 11) is 0. The van der Waals surface area contributed by atoms with E-state index >= 15 is 0 Å². The summed E-state index contributed by atoms with van der Waals surface area (Å²) in [6.45, 7) is 1.92. The van der Waals surface area contributed by atoms with Crippen LogP contribution in [0.4, 0.5) is 5.69 Å². The highest BCUT2D eigenvalue weighted by atomic mass is 16.1. The molecule has 2 aromatic carbocycles. The number of hydrogen-bond acceptors (Lipinski definition) is 2. The molecule has 0 saturated heterocycles. The highest BCUT2D eigenvalue weighted by Gasteiger charge is 2.06. The molecule has 0 fully saturated rings. The minimum Gasteiger partial charge on any atom is -0.324 e. The van der Waals surface area contributed by atoms with E-state index in [2.05, 4.69) is 5.32 Å². The fourth-order valence-corrected chi connectivity index (χ4v) is 1.66. The van der Waals surface area contributed by atoms with Crippen molar-refractivity contribution in [2.24, 2.45) is 5.73 Å². The maximum atomic E-state index is 12.0. The first-order valence-electron chi connectivity index (χ1n) is 5.89. The molecular formula is C15H16N2O. The highest BCUT2D eigenvalue weighted by Crippen LogP contribution is 2.13. The quantitative estimate of drug-likeness (QED) is 0.866. The number of benzene rings is 2. The van der Waals surface area contributed by atoms with Crippen LogP contribution in [0.25, 0.3) is 0 Å². The maximum absolute atomic E-state index is 12.0. The van der Waals surface area contributed by atoms with Crippen molar-refractivity contribution >= 4 is 11.6 Å². The van der Waals surface area contributed by atoms with Crippen molar-refractivity contribution in [3.05, 3.63) is 65.7 Å². The molecule has 0 radical (unpaired) electrons. The summed E-state index contributed by atoms with van der Waals surface area (Å²) in [6.07, 6.45) is 0. The largest absolute Gasteiger partial charge is 0.324 e. The van der Waals surface area contributed by atoms with Gasteiger partial charge in [0.25, 0.3) is 5.91 Å². The van der Waals surface area contributed by atoms with Crippen molar-refractivity contribution < 1.29 is 4.79 Å². The van der Waals surface area contributed by atoms with Crippen molar-refractivity contribution in [3.63, 3.8) is 0 Å². The Labute approximate surface area is 107 Å². The Kier molecular flexibility index (Phi) is 3.75. The van der Waals surface area contributed by atoms with E-state index in [0.717, 1.165) is 11.3 Å². The van der Waals surface area contributed by atoms with Gasteiger partial charge in [-0.25, -0.2) is 0 Å². The average molecular weight is 240 g/mol. The molecule has 3 nitrogen and oxygen atoms in total. The molecule has 0 bridgehead atoms. The molecule has 0 heterocycles. The molecule has 2 aromatic rings. The third kappa shape index (κ3) is 2.96. The number of anilines is 1. The fraction of sp³-hybridized carbons (Fsp3) is 0.133. The van der Waals surface area contributed by atoms with Crippen LogP contribution in [0.1, 0.15) is 28.9 Å². The summed E-state index contributed by atoms with van der Waals surface area (Å²) in [5.74, 6) is -0.113. The Balaban J connectivity index is 2.10. The van der Waals surface area contributed by atoms with Crippen molar-refractivity contribution in [2.75, 3.05) is 5.32 Å². The molecule has 92 valence electrons. The monoisotopic (exact) mass is 240 g/mol. The van der Waals surface area contributed by atoms with Gasteiger partial charge in [0.15, 0.2) is 0 Å². The van der Waals surface area contributed by atoms with E-state index in [1.807, 2.05) is 49.4 Å². The molecule has 1 unspecified atom stereocenters. The van der Waals surface area contributed by atoms with Crippen molar-refractivity contribution in [1.29, 1.82) is 0 Å². The lowest BCUT2D eigenvalue weighted by Gasteiger charge is -2.08. The van der Waals surface area contributed by atoms with Crippen LogP contribution < -0.4 is 11.1 Å². The van der Waals surface area contributed by atoms with Gasteiger partial charge in [-0.1, -0.05) is 30.3 Å². The molecule has 1 amide bonds. The van der Waals surface area contributed by atoms with Gasteiger partial charge in [-0.15, -0.1) is 0 Å². The Morgan fingerprint density at radius 3 is 2.22 bits per heavy atom. The van der Waals surface area contributed by atoms with E-state index in [1.165, 1.54) is 0 Å². The molecule has 2 rings (SSSR count). The number of hydrogen-bond donors (Lipinski definition) is 2. The Morgan fingerprint density at radius 1 is 1.06 bits per heavy atom. The minimum atomic E-state index is -0.113. The normalized spacial score (nSPS) is 11.9. The van der Waals surface area contributed by atoms with Gasteiger partial charge in [0.1, 0.15) is 0 Å². The molecule has 0 aliphatic heterocycles. The number of nitrogens with one attached hydrogen (secondary N) is 1. The Morgan fingerprint density at radius 2 is 1.67 bits per heavy atom. The van der Waals surface area contributed by atoms with Crippen LogP contribution in [0, 0.1) is 0 Å². The molecule has 3 heteroatoms. The summed E-state index contributed by atoms with van der Waals surface area (Å²) in [6, 6.07) is 16.7. The lowest BCUT2D eigenvalue weighted by molar-refractivity contribution is 0.102. The number of nitrogens with two attached hydrogens (primary N) is 1. The zero-order valence-corrected chi connectivity index (χ0v) is 10.3. The maximum Gasteiger partial charge on any atom is 0.255 e. The van der Waals surface area contributed by atoms with Crippen molar-refractivity contribution in [3.8, 4) is 0 Å². The highest BCUT2D eigenvalue weighted by molar-refractivity contribution is 6.04. The third-order valence-electron chi connectivity index (χ3n) is 2.73. The first-order chi connectivity index (χ1) is 8.66. The number of carbonyl (C=O) groups is 1. The van der Waals surface area contributed by atoms with Crippen LogP contribution in [-0.2, 0) is 0 Å². The number of rotatable bonds is 3. The first kappa shape index (κ1) is 12.3. The standard InChI is InChI=1S/C15H16N2O/c1-11(16)12-7-9-13(10-8-12)15(18)17-14-5-3-2-4-6-14/h2-11H,16H2,1H3,(H,17,18). The van der Waals surface area contributed by atoms with Gasteiger partial charge in [-0.05, 0) is 36.8 Å². The molecule has 3 N–H and O–H groups in total. The van der Waals surface area contributed by atoms with Gasteiger partial charge in [-0.2, -0.15) is 0 Å². The molecule has 0 aromatic heterocycles. The minimum absolute atomic E-state index is 0.0174. The number of para-hydroxylation sites is 1. The Hall–Kier alpha value is -2.13. The first-order valence-corrected chi connectivity index (χ1v) is 5.89. The van der Waals surface area contributed by atoms with Gasteiger partial charge < -0.3 is 11.1 Å². The summed E-state index contributed by atoms with van der Waals surface area (Å²) in [5.41, 5.74) is 8.20. The molecule has 0 spiro atoms. The van der Waals surface area contributed by atoms with E-state index in [1.54, 1.807) is 12.1 Å². The van der Waals surface area contributed by atoms with E-state index in [0.29, 0.717) is 5.56 Å². The van der Waals surface area contributed by atoms with Crippen molar-refractivity contribution in [1.82, 2.24) is 0 Å². The molecule has 18 heavy (non-hydrogen) atoms. The molecule has 1 atom stereocenters. The lowest BCUT2D eigenvalue weighted by atomic mass is 10.1. The fourth-order valence-electron chi connectivity index (χ4n) is 1.66. The second-order valence-electron chi connectivity index (χ2n) is 4.23.